The Morgan fingerprint density at radius 3 is 2.77 bits per heavy atom. The summed E-state index contributed by atoms with van der Waals surface area (Å²) >= 11 is 4.42. The quantitative estimate of drug-likeness (QED) is 0.891. The van der Waals surface area contributed by atoms with Crippen LogP contribution in [0.4, 0.5) is 0 Å². The number of aromatic nitrogens is 1. The fourth-order valence-corrected chi connectivity index (χ4v) is 2.81. The highest BCUT2D eigenvalue weighted by molar-refractivity contribution is 9.11. The second kappa shape index (κ2) is 3.38. The second-order valence-electron chi connectivity index (χ2n) is 3.11. The minimum Gasteiger partial charge on any atom is -0.477 e. The predicted molar refractivity (Wildman–Crippen MR) is 53.4 cm³/mol. The van der Waals surface area contributed by atoms with Crippen LogP contribution in [0.3, 0.4) is 0 Å². The number of aromatic carboxylic acids is 1. The number of nitrogens with zero attached hydrogens (tertiary/aromatic N) is 1. The molecule has 0 bridgehead atoms. The number of carboxylic acid groups (broad SMARTS) is 1. The van der Waals surface area contributed by atoms with Crippen molar-refractivity contribution in [3.05, 3.63) is 14.5 Å². The minimum absolute atomic E-state index is 0.383. The number of hydrogen-bond donors (Lipinski definition) is 1. The Morgan fingerprint density at radius 1 is 1.62 bits per heavy atom. The number of rotatable bonds is 2. The van der Waals surface area contributed by atoms with Crippen molar-refractivity contribution in [2.75, 3.05) is 0 Å². The Balaban J connectivity index is 2.36. The van der Waals surface area contributed by atoms with Crippen LogP contribution in [0.15, 0.2) is 3.92 Å². The van der Waals surface area contributed by atoms with Crippen LogP contribution in [0, 0.1) is 0 Å². The second-order valence-corrected chi connectivity index (χ2v) is 5.39. The Hall–Kier alpha value is -0.420. The number of carbonyl (C=O) groups is 1. The number of hydrogen-bond acceptors (Lipinski definition) is 3. The molecule has 1 fully saturated rings. The van der Waals surface area contributed by atoms with Crippen LogP contribution in [-0.2, 0) is 0 Å². The topological polar surface area (TPSA) is 50.2 Å². The van der Waals surface area contributed by atoms with Crippen molar-refractivity contribution in [1.82, 2.24) is 4.98 Å². The SMILES string of the molecule is O=C(O)c1sc(Br)nc1C1CCC1. The molecule has 0 unspecified atom stereocenters. The molecule has 0 spiro atoms. The van der Waals surface area contributed by atoms with E-state index < -0.39 is 5.97 Å². The summed E-state index contributed by atoms with van der Waals surface area (Å²) in [5.74, 6) is -0.473. The zero-order valence-corrected chi connectivity index (χ0v) is 9.19. The summed E-state index contributed by atoms with van der Waals surface area (Å²) in [6.45, 7) is 0. The molecule has 1 aliphatic carbocycles. The van der Waals surface area contributed by atoms with Gasteiger partial charge in [0.25, 0.3) is 0 Å². The lowest BCUT2D eigenvalue weighted by Gasteiger charge is -2.23. The van der Waals surface area contributed by atoms with Crippen molar-refractivity contribution in [2.45, 2.75) is 25.2 Å². The van der Waals surface area contributed by atoms with E-state index in [1.54, 1.807) is 0 Å². The van der Waals surface area contributed by atoms with Gasteiger partial charge in [-0.25, -0.2) is 9.78 Å². The van der Waals surface area contributed by atoms with Gasteiger partial charge in [-0.3, -0.25) is 0 Å². The van der Waals surface area contributed by atoms with Gasteiger partial charge >= 0.3 is 5.97 Å². The lowest BCUT2D eigenvalue weighted by molar-refractivity contribution is 0.0699. The lowest BCUT2D eigenvalue weighted by Crippen LogP contribution is -2.12. The van der Waals surface area contributed by atoms with Gasteiger partial charge in [0.2, 0.25) is 0 Å². The molecule has 0 aliphatic heterocycles. The summed E-state index contributed by atoms with van der Waals surface area (Å²) < 4.78 is 0.673. The van der Waals surface area contributed by atoms with E-state index in [1.807, 2.05) is 0 Å². The molecule has 1 N–H and O–H groups in total. The van der Waals surface area contributed by atoms with Crippen molar-refractivity contribution in [1.29, 1.82) is 0 Å². The Morgan fingerprint density at radius 2 is 2.31 bits per heavy atom. The Bertz CT molecular complexity index is 346. The Labute approximate surface area is 87.9 Å². The van der Waals surface area contributed by atoms with E-state index in [0.29, 0.717) is 14.7 Å². The van der Waals surface area contributed by atoms with E-state index >= 15 is 0 Å². The van der Waals surface area contributed by atoms with Gasteiger partial charge < -0.3 is 5.11 Å². The maximum atomic E-state index is 10.8. The third-order valence-corrected chi connectivity index (χ3v) is 3.82. The largest absolute Gasteiger partial charge is 0.477 e. The third-order valence-electron chi connectivity index (χ3n) is 2.31. The zero-order chi connectivity index (χ0) is 9.42. The summed E-state index contributed by atoms with van der Waals surface area (Å²) in [4.78, 5) is 15.4. The van der Waals surface area contributed by atoms with E-state index in [9.17, 15) is 4.79 Å². The van der Waals surface area contributed by atoms with Gasteiger partial charge in [0.05, 0.1) is 5.69 Å². The van der Waals surface area contributed by atoms with E-state index in [0.717, 1.165) is 18.5 Å². The minimum atomic E-state index is -0.856. The molecule has 0 amide bonds. The zero-order valence-electron chi connectivity index (χ0n) is 6.79. The van der Waals surface area contributed by atoms with Gasteiger partial charge in [-0.05, 0) is 28.8 Å². The molecular formula is C8H8BrNO2S. The smallest absolute Gasteiger partial charge is 0.347 e. The summed E-state index contributed by atoms with van der Waals surface area (Å²) in [5.41, 5.74) is 0.774. The highest BCUT2D eigenvalue weighted by Crippen LogP contribution is 2.40. The van der Waals surface area contributed by atoms with Crippen LogP contribution in [0.2, 0.25) is 0 Å². The van der Waals surface area contributed by atoms with Crippen LogP contribution < -0.4 is 0 Å². The molecule has 1 saturated carbocycles. The Kier molecular flexibility index (Phi) is 2.38. The highest BCUT2D eigenvalue weighted by Gasteiger charge is 2.28. The molecular weight excluding hydrogens is 254 g/mol. The summed E-state index contributed by atoms with van der Waals surface area (Å²) in [5, 5.41) is 8.90. The molecule has 0 radical (unpaired) electrons. The van der Waals surface area contributed by atoms with E-state index in [2.05, 4.69) is 20.9 Å². The summed E-state index contributed by atoms with van der Waals surface area (Å²) in [6.07, 6.45) is 3.35. The summed E-state index contributed by atoms with van der Waals surface area (Å²) in [6, 6.07) is 0. The molecule has 5 heteroatoms. The molecule has 1 aromatic heterocycles. The molecule has 0 saturated heterocycles. The van der Waals surface area contributed by atoms with Crippen molar-refractivity contribution >= 4 is 33.2 Å². The number of thiazole rings is 1. The van der Waals surface area contributed by atoms with E-state index in [-0.39, 0.29) is 0 Å². The molecule has 2 rings (SSSR count). The van der Waals surface area contributed by atoms with Crippen molar-refractivity contribution < 1.29 is 9.90 Å². The van der Waals surface area contributed by atoms with Crippen LogP contribution in [0.5, 0.6) is 0 Å². The lowest BCUT2D eigenvalue weighted by atomic mass is 9.82. The third kappa shape index (κ3) is 1.62. The monoisotopic (exact) mass is 261 g/mol. The maximum Gasteiger partial charge on any atom is 0.347 e. The molecule has 1 heterocycles. The van der Waals surface area contributed by atoms with Crippen molar-refractivity contribution in [3.8, 4) is 0 Å². The highest BCUT2D eigenvalue weighted by atomic mass is 79.9. The molecule has 13 heavy (non-hydrogen) atoms. The van der Waals surface area contributed by atoms with Crippen LogP contribution >= 0.6 is 27.3 Å². The standard InChI is InChI=1S/C8H8BrNO2S/c9-8-10-5(4-2-1-3-4)6(13-8)7(11)12/h4H,1-3H2,(H,11,12). The normalized spacial score (nSPS) is 17.0. The first-order valence-corrected chi connectivity index (χ1v) is 5.69. The van der Waals surface area contributed by atoms with Crippen molar-refractivity contribution in [3.63, 3.8) is 0 Å². The van der Waals surface area contributed by atoms with Crippen molar-refractivity contribution in [2.24, 2.45) is 0 Å². The molecule has 1 aliphatic rings. The van der Waals surface area contributed by atoms with Crippen LogP contribution in [-0.4, -0.2) is 16.1 Å². The van der Waals surface area contributed by atoms with Crippen LogP contribution in [0.1, 0.15) is 40.5 Å². The van der Waals surface area contributed by atoms with Gasteiger partial charge in [0, 0.05) is 5.92 Å². The van der Waals surface area contributed by atoms with Gasteiger partial charge in [0.15, 0.2) is 3.92 Å². The van der Waals surface area contributed by atoms with Crippen LogP contribution in [0.25, 0.3) is 0 Å². The first-order valence-electron chi connectivity index (χ1n) is 4.08. The van der Waals surface area contributed by atoms with E-state index in [4.69, 9.17) is 5.11 Å². The molecule has 3 nitrogen and oxygen atoms in total. The fraction of sp³-hybridized carbons (Fsp3) is 0.500. The van der Waals surface area contributed by atoms with Gasteiger partial charge in [-0.15, -0.1) is 0 Å². The van der Waals surface area contributed by atoms with Gasteiger partial charge in [-0.2, -0.15) is 0 Å². The molecule has 70 valence electrons. The van der Waals surface area contributed by atoms with Gasteiger partial charge in [0.1, 0.15) is 4.88 Å². The fourth-order valence-electron chi connectivity index (χ4n) is 1.42. The first-order chi connectivity index (χ1) is 6.18. The molecule has 0 aromatic carbocycles. The number of halogens is 1. The summed E-state index contributed by atoms with van der Waals surface area (Å²) in [7, 11) is 0. The molecule has 0 atom stereocenters. The average molecular weight is 262 g/mol. The predicted octanol–water partition coefficient (Wildman–Crippen LogP) is 2.87. The van der Waals surface area contributed by atoms with E-state index in [1.165, 1.54) is 17.8 Å². The first kappa shape index (κ1) is 9.15. The molecule has 1 aromatic rings. The number of carboxylic acids is 1. The average Bonchev–Trinajstić information content (AvgIpc) is 2.27. The maximum absolute atomic E-state index is 10.8. The van der Waals surface area contributed by atoms with Gasteiger partial charge in [-0.1, -0.05) is 17.8 Å².